The third-order valence-corrected chi connectivity index (χ3v) is 7.11. The Balaban J connectivity index is 2.08. The third-order valence-electron chi connectivity index (χ3n) is 5.78. The first-order valence-corrected chi connectivity index (χ1v) is 12.9. The van der Waals surface area contributed by atoms with Crippen molar-refractivity contribution in [1.29, 1.82) is 0 Å². The molecule has 1 fully saturated rings. The number of methoxy groups -OCH3 is 1. The fourth-order valence-electron chi connectivity index (χ4n) is 3.66. The van der Waals surface area contributed by atoms with Crippen molar-refractivity contribution in [2.24, 2.45) is 5.92 Å². The van der Waals surface area contributed by atoms with Crippen LogP contribution in [0.2, 0.25) is 0 Å². The summed E-state index contributed by atoms with van der Waals surface area (Å²) in [5.41, 5.74) is 0.759. The normalized spacial score (nSPS) is 16.8. The maximum atomic E-state index is 13.0. The maximum absolute atomic E-state index is 13.0. The number of benzene rings is 1. The minimum absolute atomic E-state index is 0.215. The summed E-state index contributed by atoms with van der Waals surface area (Å²) in [6, 6.07) is 4.53. The molecule has 0 saturated carbocycles. The number of ether oxygens (including phenoxy) is 2. The van der Waals surface area contributed by atoms with E-state index in [0.717, 1.165) is 30.2 Å². The van der Waals surface area contributed by atoms with E-state index in [1.165, 1.54) is 30.6 Å². The molecule has 2 rings (SSSR count). The van der Waals surface area contributed by atoms with Crippen LogP contribution in [0.5, 0.6) is 11.5 Å². The number of carbonyl (C=O) groups is 2. The molecule has 1 heterocycles. The molecule has 182 valence electrons. The smallest absolute Gasteiger partial charge is 0.327 e. The van der Waals surface area contributed by atoms with Crippen molar-refractivity contribution in [2.75, 3.05) is 13.7 Å². The number of hydrogen-bond acceptors (Lipinski definition) is 6. The molecular weight excluding hydrogens is 458 g/mol. The number of carboxylic acids is 1. The summed E-state index contributed by atoms with van der Waals surface area (Å²) in [5.74, 6) is -0.380. The summed E-state index contributed by atoms with van der Waals surface area (Å²) >= 11 is 6.48. The number of amides is 1. The van der Waals surface area contributed by atoms with Gasteiger partial charge in [0, 0.05) is 0 Å². The number of carbonyl (C=O) groups excluding carboxylic acids is 1. The molecule has 1 aliphatic rings. The lowest BCUT2D eigenvalue weighted by Gasteiger charge is -2.27. The van der Waals surface area contributed by atoms with Crippen LogP contribution >= 0.6 is 24.0 Å². The van der Waals surface area contributed by atoms with Gasteiger partial charge in [0.2, 0.25) is 0 Å². The zero-order valence-electron chi connectivity index (χ0n) is 20.0. The van der Waals surface area contributed by atoms with Gasteiger partial charge in [0.1, 0.15) is 10.4 Å². The second-order valence-electron chi connectivity index (χ2n) is 8.25. The Morgan fingerprint density at radius 3 is 2.52 bits per heavy atom. The molecule has 1 amide bonds. The van der Waals surface area contributed by atoms with Crippen LogP contribution < -0.4 is 9.47 Å². The summed E-state index contributed by atoms with van der Waals surface area (Å²) in [6.45, 7) is 6.55. The quantitative estimate of drug-likeness (QED) is 0.190. The Labute approximate surface area is 206 Å². The fraction of sp³-hybridized carbons (Fsp3) is 0.560. The van der Waals surface area contributed by atoms with Crippen molar-refractivity contribution in [3.8, 4) is 11.5 Å². The van der Waals surface area contributed by atoms with Gasteiger partial charge < -0.3 is 14.6 Å². The van der Waals surface area contributed by atoms with Crippen molar-refractivity contribution in [2.45, 2.75) is 71.8 Å². The van der Waals surface area contributed by atoms with Crippen LogP contribution in [-0.2, 0) is 9.59 Å². The topological polar surface area (TPSA) is 76.1 Å². The van der Waals surface area contributed by atoms with Gasteiger partial charge in [-0.2, -0.15) is 0 Å². The molecule has 0 spiro atoms. The zero-order valence-corrected chi connectivity index (χ0v) is 21.6. The minimum atomic E-state index is -1.05. The predicted octanol–water partition coefficient (Wildman–Crippen LogP) is 6.14. The van der Waals surface area contributed by atoms with Crippen molar-refractivity contribution in [1.82, 2.24) is 4.90 Å². The first-order chi connectivity index (χ1) is 15.8. The van der Waals surface area contributed by atoms with Gasteiger partial charge in [-0.25, -0.2) is 4.79 Å². The summed E-state index contributed by atoms with van der Waals surface area (Å²) < 4.78 is 11.7. The Morgan fingerprint density at radius 1 is 1.18 bits per heavy atom. The Bertz CT molecular complexity index is 870. The molecule has 0 bridgehead atoms. The largest absolute Gasteiger partial charge is 0.493 e. The number of aliphatic carboxylic acids is 1. The van der Waals surface area contributed by atoms with Crippen LogP contribution in [0.3, 0.4) is 0 Å². The van der Waals surface area contributed by atoms with E-state index >= 15 is 0 Å². The van der Waals surface area contributed by atoms with Crippen LogP contribution in [-0.4, -0.2) is 46.0 Å². The number of rotatable bonds is 14. The molecule has 1 aromatic carbocycles. The second-order valence-corrected chi connectivity index (χ2v) is 9.92. The molecule has 1 saturated heterocycles. The van der Waals surface area contributed by atoms with Crippen molar-refractivity contribution >= 4 is 46.3 Å². The van der Waals surface area contributed by atoms with Gasteiger partial charge >= 0.3 is 5.97 Å². The number of thioether (sulfide) groups is 1. The molecule has 1 aliphatic heterocycles. The van der Waals surface area contributed by atoms with Gasteiger partial charge in [0.15, 0.2) is 11.5 Å². The predicted molar refractivity (Wildman–Crippen MR) is 138 cm³/mol. The Hall–Kier alpha value is -2.06. The molecule has 1 aromatic rings. The molecule has 33 heavy (non-hydrogen) atoms. The van der Waals surface area contributed by atoms with Crippen LogP contribution in [0.25, 0.3) is 6.08 Å². The van der Waals surface area contributed by atoms with E-state index in [9.17, 15) is 14.7 Å². The highest BCUT2D eigenvalue weighted by atomic mass is 32.2. The molecule has 0 aromatic heterocycles. The second kappa shape index (κ2) is 13.6. The lowest BCUT2D eigenvalue weighted by atomic mass is 9.98. The molecular formula is C25H35NO5S2. The molecule has 2 atom stereocenters. The van der Waals surface area contributed by atoms with Crippen LogP contribution in [0, 0.1) is 5.92 Å². The van der Waals surface area contributed by atoms with Gasteiger partial charge in [-0.1, -0.05) is 89.3 Å². The minimum Gasteiger partial charge on any atom is -0.493 e. The summed E-state index contributed by atoms with van der Waals surface area (Å²) in [4.78, 5) is 26.5. The van der Waals surface area contributed by atoms with Gasteiger partial charge in [-0.15, -0.1) is 0 Å². The highest BCUT2D eigenvalue weighted by Gasteiger charge is 2.42. The van der Waals surface area contributed by atoms with E-state index in [4.69, 9.17) is 21.7 Å². The summed E-state index contributed by atoms with van der Waals surface area (Å²) in [5, 5.41) is 9.68. The van der Waals surface area contributed by atoms with E-state index in [2.05, 4.69) is 6.92 Å². The highest BCUT2D eigenvalue weighted by Crippen LogP contribution is 2.37. The molecule has 8 heteroatoms. The standard InChI is InChI=1S/C25H35NO5S2/c1-5-7-8-9-10-11-14-31-19-13-12-18(15-20(19)30-4)16-21-23(27)26(25(32)33-21)22(24(28)29)17(3)6-2/h12-13,15-17,22H,5-11,14H2,1-4H3,(H,28,29)/b21-16-/t17-,22+/m0/s1. The molecule has 0 unspecified atom stereocenters. The van der Waals surface area contributed by atoms with E-state index in [-0.39, 0.29) is 16.1 Å². The molecule has 1 N–H and O–H groups in total. The van der Waals surface area contributed by atoms with Crippen LogP contribution in [0.4, 0.5) is 0 Å². The van der Waals surface area contributed by atoms with E-state index < -0.39 is 12.0 Å². The molecule has 0 radical (unpaired) electrons. The molecule has 6 nitrogen and oxygen atoms in total. The van der Waals surface area contributed by atoms with E-state index in [1.807, 2.05) is 32.0 Å². The zero-order chi connectivity index (χ0) is 24.4. The average Bonchev–Trinajstić information content (AvgIpc) is 3.06. The van der Waals surface area contributed by atoms with E-state index in [1.54, 1.807) is 13.2 Å². The number of carboxylic acid groups (broad SMARTS) is 1. The number of thiocarbonyl (C=S) groups is 1. The first kappa shape index (κ1) is 27.2. The SMILES string of the molecule is CCCCCCCCOc1ccc(/C=C2\SC(=S)N([C@@H](C(=O)O)[C@@H](C)CC)C2=O)cc1OC. The lowest BCUT2D eigenvalue weighted by Crippen LogP contribution is -2.47. The van der Waals surface area contributed by atoms with Gasteiger partial charge in [0.25, 0.3) is 5.91 Å². The van der Waals surface area contributed by atoms with Gasteiger partial charge in [-0.05, 0) is 36.1 Å². The van der Waals surface area contributed by atoms with E-state index in [0.29, 0.717) is 29.4 Å². The van der Waals surface area contributed by atoms with Crippen molar-refractivity contribution < 1.29 is 24.2 Å². The summed E-state index contributed by atoms with van der Waals surface area (Å²) in [7, 11) is 1.58. The van der Waals surface area contributed by atoms with Gasteiger partial charge in [-0.3, -0.25) is 9.69 Å². The third kappa shape index (κ3) is 7.47. The van der Waals surface area contributed by atoms with Gasteiger partial charge in [0.05, 0.1) is 18.6 Å². The van der Waals surface area contributed by atoms with Crippen molar-refractivity contribution in [3.63, 3.8) is 0 Å². The Morgan fingerprint density at radius 2 is 1.88 bits per heavy atom. The Kier molecular flexibility index (Phi) is 11.2. The fourth-order valence-corrected chi connectivity index (χ4v) is 4.99. The monoisotopic (exact) mass is 493 g/mol. The van der Waals surface area contributed by atoms with Crippen LogP contribution in [0.1, 0.15) is 71.3 Å². The molecule has 0 aliphatic carbocycles. The summed E-state index contributed by atoms with van der Waals surface area (Å²) in [6.07, 6.45) is 9.51. The number of unbranched alkanes of at least 4 members (excludes halogenated alkanes) is 5. The average molecular weight is 494 g/mol. The maximum Gasteiger partial charge on any atom is 0.327 e. The highest BCUT2D eigenvalue weighted by molar-refractivity contribution is 8.26. The number of nitrogens with zero attached hydrogens (tertiary/aromatic N) is 1. The van der Waals surface area contributed by atoms with Crippen molar-refractivity contribution in [3.05, 3.63) is 28.7 Å². The lowest BCUT2D eigenvalue weighted by molar-refractivity contribution is -0.147. The first-order valence-electron chi connectivity index (χ1n) is 11.6. The number of hydrogen-bond donors (Lipinski definition) is 1. The van der Waals surface area contributed by atoms with Crippen LogP contribution in [0.15, 0.2) is 23.1 Å².